The number of imidazole rings is 1. The van der Waals surface area contributed by atoms with Crippen LogP contribution < -0.4 is 5.73 Å². The van der Waals surface area contributed by atoms with Crippen molar-refractivity contribution in [3.8, 4) is 0 Å². The third-order valence-corrected chi connectivity index (χ3v) is 2.02. The number of nitrogens with zero attached hydrogens (tertiary/aromatic N) is 3. The molecule has 7 heteroatoms. The fourth-order valence-electron chi connectivity index (χ4n) is 1.20. The fraction of sp³-hybridized carbons (Fsp3) is 0. The van der Waals surface area contributed by atoms with Gasteiger partial charge in [-0.05, 0) is 17.1 Å². The first-order chi connectivity index (χ1) is 6.59. The van der Waals surface area contributed by atoms with Crippen LogP contribution in [0.5, 0.6) is 0 Å². The number of halogens is 1. The lowest BCUT2D eigenvalue weighted by atomic mass is 10.4. The predicted molar refractivity (Wildman–Crippen MR) is 51.3 cm³/mol. The van der Waals surface area contributed by atoms with Gasteiger partial charge in [0.2, 0.25) is 0 Å². The van der Waals surface area contributed by atoms with Gasteiger partial charge in [0.05, 0.1) is 0 Å². The highest BCUT2D eigenvalue weighted by Crippen LogP contribution is 2.24. The Hall–Kier alpha value is -1.82. The molecule has 72 valence electrons. The van der Waals surface area contributed by atoms with Gasteiger partial charge < -0.3 is 15.8 Å². The normalized spacial score (nSPS) is 10.6. The predicted octanol–water partition coefficient (Wildman–Crippen LogP) is 1.48. The highest BCUT2D eigenvalue weighted by molar-refractivity contribution is 6.31. The number of fused-ring (bicyclic) bond motifs is 1. The van der Waals surface area contributed by atoms with Crippen LogP contribution in [0, 0.1) is 10.1 Å². The Morgan fingerprint density at radius 3 is 3.00 bits per heavy atom. The van der Waals surface area contributed by atoms with Crippen molar-refractivity contribution < 1.29 is 4.92 Å². The second-order valence-electron chi connectivity index (χ2n) is 2.65. The Balaban J connectivity index is 2.85. The van der Waals surface area contributed by atoms with Gasteiger partial charge in [-0.25, -0.2) is 0 Å². The van der Waals surface area contributed by atoms with E-state index in [1.54, 1.807) is 6.07 Å². The lowest BCUT2D eigenvalue weighted by Crippen LogP contribution is -1.92. The number of aromatic nitrogens is 2. The van der Waals surface area contributed by atoms with Crippen LogP contribution in [-0.2, 0) is 0 Å². The Morgan fingerprint density at radius 1 is 1.64 bits per heavy atom. The molecule has 0 unspecified atom stereocenters. The van der Waals surface area contributed by atoms with E-state index in [0.717, 1.165) is 0 Å². The molecule has 0 radical (unpaired) electrons. The standard InChI is InChI=1S/C7H5ClN4O2/c8-4-1-2-11-5(3-4)6(12(13)14)10-7(11)9/h1-3H,(H2,9,10). The minimum absolute atomic E-state index is 0.0726. The van der Waals surface area contributed by atoms with Crippen LogP contribution in [-0.4, -0.2) is 14.3 Å². The fourth-order valence-corrected chi connectivity index (χ4v) is 1.36. The highest BCUT2D eigenvalue weighted by atomic mass is 35.5. The summed E-state index contributed by atoms with van der Waals surface area (Å²) in [5.41, 5.74) is 5.76. The van der Waals surface area contributed by atoms with Crippen molar-refractivity contribution in [2.24, 2.45) is 0 Å². The molecular formula is C7H5ClN4O2. The number of rotatable bonds is 1. The van der Waals surface area contributed by atoms with Crippen molar-refractivity contribution in [2.75, 3.05) is 5.73 Å². The zero-order chi connectivity index (χ0) is 10.3. The zero-order valence-electron chi connectivity index (χ0n) is 6.85. The van der Waals surface area contributed by atoms with Crippen molar-refractivity contribution in [1.82, 2.24) is 9.38 Å². The molecule has 2 aromatic heterocycles. The lowest BCUT2D eigenvalue weighted by Gasteiger charge is -1.93. The van der Waals surface area contributed by atoms with E-state index in [-0.39, 0.29) is 11.8 Å². The van der Waals surface area contributed by atoms with Gasteiger partial charge in [0.1, 0.15) is 0 Å². The summed E-state index contributed by atoms with van der Waals surface area (Å²) >= 11 is 5.70. The maximum Gasteiger partial charge on any atom is 0.391 e. The molecule has 0 aromatic carbocycles. The summed E-state index contributed by atoms with van der Waals surface area (Å²) in [7, 11) is 0. The van der Waals surface area contributed by atoms with Crippen molar-refractivity contribution in [2.45, 2.75) is 0 Å². The number of hydrogen-bond donors (Lipinski definition) is 1. The van der Waals surface area contributed by atoms with Crippen LogP contribution >= 0.6 is 11.6 Å². The molecule has 2 N–H and O–H groups in total. The van der Waals surface area contributed by atoms with Crippen LogP contribution in [0.2, 0.25) is 5.02 Å². The van der Waals surface area contributed by atoms with E-state index < -0.39 is 4.92 Å². The number of nitro groups is 1. The van der Waals surface area contributed by atoms with Crippen molar-refractivity contribution in [3.05, 3.63) is 33.5 Å². The molecule has 0 saturated carbocycles. The van der Waals surface area contributed by atoms with E-state index in [2.05, 4.69) is 4.98 Å². The van der Waals surface area contributed by atoms with E-state index in [0.29, 0.717) is 10.5 Å². The number of pyridine rings is 1. The van der Waals surface area contributed by atoms with Gasteiger partial charge in [0.15, 0.2) is 5.52 Å². The Bertz CT molecular complexity index is 522. The topological polar surface area (TPSA) is 86.5 Å². The van der Waals surface area contributed by atoms with Crippen LogP contribution in [0.4, 0.5) is 11.8 Å². The second-order valence-corrected chi connectivity index (χ2v) is 3.09. The van der Waals surface area contributed by atoms with Crippen molar-refractivity contribution >= 4 is 28.9 Å². The summed E-state index contributed by atoms with van der Waals surface area (Å²) in [4.78, 5) is 13.6. The number of anilines is 1. The van der Waals surface area contributed by atoms with Gasteiger partial charge >= 0.3 is 11.8 Å². The molecular weight excluding hydrogens is 208 g/mol. The maximum absolute atomic E-state index is 10.6. The van der Waals surface area contributed by atoms with E-state index >= 15 is 0 Å². The highest BCUT2D eigenvalue weighted by Gasteiger charge is 2.19. The lowest BCUT2D eigenvalue weighted by molar-refractivity contribution is -0.387. The molecule has 0 aliphatic carbocycles. The molecule has 0 atom stereocenters. The summed E-state index contributed by atoms with van der Waals surface area (Å²) in [6, 6.07) is 3.03. The Morgan fingerprint density at radius 2 is 2.36 bits per heavy atom. The SMILES string of the molecule is Nc1nc([N+](=O)[O-])c2cc(Cl)ccn12. The monoisotopic (exact) mass is 212 g/mol. The Labute approximate surface area is 83.1 Å². The first-order valence-electron chi connectivity index (χ1n) is 3.67. The molecule has 0 spiro atoms. The van der Waals surface area contributed by atoms with E-state index in [1.165, 1.54) is 16.7 Å². The molecule has 2 aromatic rings. The molecule has 2 rings (SSSR count). The minimum Gasteiger partial charge on any atom is -0.358 e. The molecule has 0 fully saturated rings. The maximum atomic E-state index is 10.6. The smallest absolute Gasteiger partial charge is 0.358 e. The number of hydrogen-bond acceptors (Lipinski definition) is 4. The van der Waals surface area contributed by atoms with Gasteiger partial charge in [-0.2, -0.15) is 0 Å². The van der Waals surface area contributed by atoms with Crippen LogP contribution in [0.15, 0.2) is 18.3 Å². The van der Waals surface area contributed by atoms with E-state index in [1.807, 2.05) is 0 Å². The van der Waals surface area contributed by atoms with Crippen LogP contribution in [0.25, 0.3) is 5.52 Å². The molecule has 0 amide bonds. The molecule has 2 heterocycles. The largest absolute Gasteiger partial charge is 0.391 e. The summed E-state index contributed by atoms with van der Waals surface area (Å²) in [5.74, 6) is -0.214. The molecule has 0 aliphatic rings. The van der Waals surface area contributed by atoms with E-state index in [9.17, 15) is 10.1 Å². The number of nitrogen functional groups attached to an aromatic ring is 1. The van der Waals surface area contributed by atoms with Crippen LogP contribution in [0.3, 0.4) is 0 Å². The number of nitrogens with two attached hydrogens (primary N) is 1. The van der Waals surface area contributed by atoms with Gasteiger partial charge in [-0.15, -0.1) is 0 Å². The summed E-state index contributed by atoms with van der Waals surface area (Å²) in [5, 5.41) is 11.0. The average Bonchev–Trinajstić information content (AvgIpc) is 2.43. The summed E-state index contributed by atoms with van der Waals surface area (Å²) in [6.45, 7) is 0. The van der Waals surface area contributed by atoms with Gasteiger partial charge in [-0.1, -0.05) is 11.6 Å². The molecule has 0 saturated heterocycles. The van der Waals surface area contributed by atoms with E-state index in [4.69, 9.17) is 17.3 Å². The molecule has 6 nitrogen and oxygen atoms in total. The quantitative estimate of drug-likeness (QED) is 0.573. The van der Waals surface area contributed by atoms with Crippen molar-refractivity contribution in [1.29, 1.82) is 0 Å². The summed E-state index contributed by atoms with van der Waals surface area (Å²) < 4.78 is 1.41. The van der Waals surface area contributed by atoms with Gasteiger partial charge in [-0.3, -0.25) is 4.40 Å². The van der Waals surface area contributed by atoms with Crippen molar-refractivity contribution in [3.63, 3.8) is 0 Å². The first kappa shape index (κ1) is 8.76. The summed E-state index contributed by atoms with van der Waals surface area (Å²) in [6.07, 6.45) is 1.53. The van der Waals surface area contributed by atoms with Crippen LogP contribution in [0.1, 0.15) is 0 Å². The molecule has 14 heavy (non-hydrogen) atoms. The molecule has 0 aliphatic heterocycles. The third-order valence-electron chi connectivity index (χ3n) is 1.79. The zero-order valence-corrected chi connectivity index (χ0v) is 7.60. The average molecular weight is 213 g/mol. The second kappa shape index (κ2) is 2.85. The molecule has 0 bridgehead atoms. The third kappa shape index (κ3) is 1.16. The van der Waals surface area contributed by atoms with Gasteiger partial charge in [0, 0.05) is 16.2 Å². The minimum atomic E-state index is -0.595. The Kier molecular flexibility index (Phi) is 1.78. The van der Waals surface area contributed by atoms with Gasteiger partial charge in [0.25, 0.3) is 0 Å². The first-order valence-corrected chi connectivity index (χ1v) is 4.05.